The summed E-state index contributed by atoms with van der Waals surface area (Å²) in [5.74, 6) is 0. The highest BCUT2D eigenvalue weighted by Gasteiger charge is 2.14. The van der Waals surface area contributed by atoms with Gasteiger partial charge in [0.25, 0.3) is 0 Å². The van der Waals surface area contributed by atoms with Crippen LogP contribution < -0.4 is 0 Å². The summed E-state index contributed by atoms with van der Waals surface area (Å²) >= 11 is 3.42. The maximum atomic E-state index is 11.7. The molecule has 4 heteroatoms. The summed E-state index contributed by atoms with van der Waals surface area (Å²) in [7, 11) is 0. The second-order valence-corrected chi connectivity index (χ2v) is 7.08. The van der Waals surface area contributed by atoms with E-state index in [0.29, 0.717) is 6.61 Å². The third kappa shape index (κ3) is 16.4. The number of hydrogen-bond acceptors (Lipinski definition) is 3. The van der Waals surface area contributed by atoms with Crippen molar-refractivity contribution in [1.29, 1.82) is 0 Å². The molecule has 0 saturated heterocycles. The summed E-state index contributed by atoms with van der Waals surface area (Å²) in [4.78, 5) is 11.7. The van der Waals surface area contributed by atoms with Crippen LogP contribution in [-0.4, -0.2) is 24.2 Å². The van der Waals surface area contributed by atoms with Gasteiger partial charge in [0.2, 0.25) is 0 Å². The molecule has 0 heterocycles. The maximum Gasteiger partial charge on any atom is 0.508 e. The van der Waals surface area contributed by atoms with E-state index in [-0.39, 0.29) is 6.10 Å². The number of rotatable bonds is 16. The Morgan fingerprint density at radius 1 is 0.826 bits per heavy atom. The molecule has 0 fully saturated rings. The fraction of sp³-hybridized carbons (Fsp3) is 0.947. The number of ether oxygens (including phenoxy) is 2. The molecule has 23 heavy (non-hydrogen) atoms. The summed E-state index contributed by atoms with van der Waals surface area (Å²) < 4.78 is 10.7. The highest BCUT2D eigenvalue weighted by Crippen LogP contribution is 2.15. The Bertz CT molecular complexity index is 259. The highest BCUT2D eigenvalue weighted by atomic mass is 79.9. The molecule has 0 saturated carbocycles. The van der Waals surface area contributed by atoms with Gasteiger partial charge in [-0.2, -0.15) is 0 Å². The average molecular weight is 393 g/mol. The fourth-order valence-corrected chi connectivity index (χ4v) is 3.01. The summed E-state index contributed by atoms with van der Waals surface area (Å²) in [6.07, 6.45) is 14.5. The average Bonchev–Trinajstić information content (AvgIpc) is 2.54. The fourth-order valence-electron chi connectivity index (χ4n) is 2.61. The smallest absolute Gasteiger partial charge is 0.434 e. The van der Waals surface area contributed by atoms with Gasteiger partial charge in [-0.05, 0) is 32.1 Å². The largest absolute Gasteiger partial charge is 0.508 e. The highest BCUT2D eigenvalue weighted by molar-refractivity contribution is 9.09. The van der Waals surface area contributed by atoms with E-state index in [0.717, 1.165) is 43.9 Å². The van der Waals surface area contributed by atoms with Crippen LogP contribution in [0.15, 0.2) is 0 Å². The van der Waals surface area contributed by atoms with Crippen LogP contribution in [0.5, 0.6) is 0 Å². The minimum Gasteiger partial charge on any atom is -0.434 e. The van der Waals surface area contributed by atoms with E-state index in [1.807, 2.05) is 0 Å². The van der Waals surface area contributed by atoms with Gasteiger partial charge < -0.3 is 9.47 Å². The van der Waals surface area contributed by atoms with Gasteiger partial charge in [0.05, 0.1) is 6.61 Å². The normalized spacial score (nSPS) is 12.1. The molecule has 0 radical (unpaired) electrons. The van der Waals surface area contributed by atoms with E-state index in [2.05, 4.69) is 29.8 Å². The van der Waals surface area contributed by atoms with Gasteiger partial charge in [-0.25, -0.2) is 4.79 Å². The molecule has 1 atom stereocenters. The minimum absolute atomic E-state index is 0.0343. The van der Waals surface area contributed by atoms with Crippen molar-refractivity contribution in [3.8, 4) is 0 Å². The van der Waals surface area contributed by atoms with Crippen LogP contribution in [0.4, 0.5) is 4.79 Å². The molecule has 0 aromatic heterocycles. The summed E-state index contributed by atoms with van der Waals surface area (Å²) in [5, 5.41) is 1.05. The Hall–Kier alpha value is -0.250. The Balaban J connectivity index is 3.68. The van der Waals surface area contributed by atoms with Gasteiger partial charge in [0, 0.05) is 5.33 Å². The van der Waals surface area contributed by atoms with Crippen molar-refractivity contribution in [1.82, 2.24) is 0 Å². The number of carbonyl (C=O) groups excluding carboxylic acids is 1. The van der Waals surface area contributed by atoms with E-state index < -0.39 is 6.16 Å². The van der Waals surface area contributed by atoms with Gasteiger partial charge in [0.15, 0.2) is 0 Å². The second kappa shape index (κ2) is 18.1. The van der Waals surface area contributed by atoms with E-state index in [4.69, 9.17) is 9.47 Å². The lowest BCUT2D eigenvalue weighted by atomic mass is 10.0. The lowest BCUT2D eigenvalue weighted by molar-refractivity contribution is 0.0161. The van der Waals surface area contributed by atoms with Crippen LogP contribution in [0.2, 0.25) is 0 Å². The van der Waals surface area contributed by atoms with Crippen molar-refractivity contribution in [2.45, 2.75) is 103 Å². The van der Waals surface area contributed by atoms with Crippen molar-refractivity contribution in [3.63, 3.8) is 0 Å². The zero-order valence-corrected chi connectivity index (χ0v) is 16.9. The summed E-state index contributed by atoms with van der Waals surface area (Å²) in [5.41, 5.74) is 0. The molecule has 0 rings (SSSR count). The third-order valence-corrected chi connectivity index (χ3v) is 4.56. The van der Waals surface area contributed by atoms with Crippen molar-refractivity contribution in [2.24, 2.45) is 0 Å². The molecule has 0 aliphatic rings. The number of alkyl halides is 1. The first kappa shape index (κ1) is 22.8. The Kier molecular flexibility index (Phi) is 17.9. The van der Waals surface area contributed by atoms with Crippen molar-refractivity contribution < 1.29 is 14.3 Å². The molecule has 0 bridgehead atoms. The number of hydrogen-bond donors (Lipinski definition) is 0. The lowest BCUT2D eigenvalue weighted by Crippen LogP contribution is -2.19. The van der Waals surface area contributed by atoms with E-state index >= 15 is 0 Å². The standard InChI is InChI=1S/C19H37BrO3/c1-3-5-6-7-8-11-15-18(14-4-2)23-19(21)22-17-13-10-9-12-16-20/h18H,3-17H2,1-2H3. The molecule has 0 aromatic rings. The zero-order valence-electron chi connectivity index (χ0n) is 15.3. The molecule has 3 nitrogen and oxygen atoms in total. The van der Waals surface area contributed by atoms with Gasteiger partial charge >= 0.3 is 6.16 Å². The van der Waals surface area contributed by atoms with Crippen molar-refractivity contribution in [2.75, 3.05) is 11.9 Å². The topological polar surface area (TPSA) is 35.5 Å². The van der Waals surface area contributed by atoms with Crippen LogP contribution in [-0.2, 0) is 9.47 Å². The Morgan fingerprint density at radius 2 is 1.48 bits per heavy atom. The number of unbranched alkanes of at least 4 members (excludes halogenated alkanes) is 8. The number of carbonyl (C=O) groups is 1. The monoisotopic (exact) mass is 392 g/mol. The first-order valence-corrected chi connectivity index (χ1v) is 10.8. The van der Waals surface area contributed by atoms with Crippen molar-refractivity contribution in [3.05, 3.63) is 0 Å². The molecule has 138 valence electrons. The minimum atomic E-state index is -0.477. The van der Waals surface area contributed by atoms with E-state index in [9.17, 15) is 4.79 Å². The molecule has 1 unspecified atom stereocenters. The van der Waals surface area contributed by atoms with Gasteiger partial charge in [-0.15, -0.1) is 0 Å². The third-order valence-electron chi connectivity index (χ3n) is 4.00. The molecular weight excluding hydrogens is 356 g/mol. The van der Waals surface area contributed by atoms with E-state index in [1.54, 1.807) is 0 Å². The molecule has 0 spiro atoms. The first-order valence-electron chi connectivity index (χ1n) is 9.63. The summed E-state index contributed by atoms with van der Waals surface area (Å²) in [6, 6.07) is 0. The molecular formula is C19H37BrO3. The predicted molar refractivity (Wildman–Crippen MR) is 101 cm³/mol. The lowest BCUT2D eigenvalue weighted by Gasteiger charge is -2.17. The second-order valence-electron chi connectivity index (χ2n) is 6.29. The SMILES string of the molecule is CCCCCCCCC(CCC)OC(=O)OCCCCCCBr. The van der Waals surface area contributed by atoms with Crippen LogP contribution in [0.25, 0.3) is 0 Å². The van der Waals surface area contributed by atoms with Crippen LogP contribution in [0.3, 0.4) is 0 Å². The van der Waals surface area contributed by atoms with Gasteiger partial charge in [-0.3, -0.25) is 0 Å². The summed E-state index contributed by atoms with van der Waals surface area (Å²) in [6.45, 7) is 4.85. The quantitative estimate of drug-likeness (QED) is 0.161. The maximum absolute atomic E-state index is 11.7. The first-order chi connectivity index (χ1) is 11.2. The number of halogens is 1. The van der Waals surface area contributed by atoms with Crippen LogP contribution >= 0.6 is 15.9 Å². The predicted octanol–water partition coefficient (Wildman–Crippen LogP) is 7.01. The Labute approximate surface area is 152 Å². The van der Waals surface area contributed by atoms with Crippen LogP contribution in [0.1, 0.15) is 97.3 Å². The van der Waals surface area contributed by atoms with Gasteiger partial charge in [-0.1, -0.05) is 81.1 Å². The van der Waals surface area contributed by atoms with E-state index in [1.165, 1.54) is 44.9 Å². The molecule has 0 N–H and O–H groups in total. The molecule has 0 aliphatic heterocycles. The molecule has 0 aromatic carbocycles. The van der Waals surface area contributed by atoms with Crippen LogP contribution in [0, 0.1) is 0 Å². The van der Waals surface area contributed by atoms with Gasteiger partial charge in [0.1, 0.15) is 6.10 Å². The Morgan fingerprint density at radius 3 is 2.17 bits per heavy atom. The molecule has 0 aliphatic carbocycles. The van der Waals surface area contributed by atoms with Crippen molar-refractivity contribution >= 4 is 22.1 Å². The zero-order chi connectivity index (χ0) is 17.2. The molecule has 0 amide bonds.